The molecule has 2 nitrogen and oxygen atoms in total. The molecule has 0 aromatic heterocycles. The maximum atomic E-state index is 13.4. The molecule has 0 aromatic rings. The Hall–Kier alpha value is -0.570. The van der Waals surface area contributed by atoms with Crippen molar-refractivity contribution in [2.24, 2.45) is 0 Å². The minimum atomic E-state index is -0.0631. The number of likely N-dealkylation sites (N-methyl/N-ethyl adjacent to an activating group) is 1. The van der Waals surface area contributed by atoms with Crippen molar-refractivity contribution in [1.82, 2.24) is 10.0 Å². The van der Waals surface area contributed by atoms with Crippen LogP contribution in [0.5, 0.6) is 0 Å². The molecule has 70 valence electrons. The molecule has 0 spiro atoms. The number of hydrogen-bond donors (Lipinski definition) is 0. The highest BCUT2D eigenvalue weighted by atomic mass is 19.1. The van der Waals surface area contributed by atoms with Crippen LogP contribution in [0.3, 0.4) is 0 Å². The van der Waals surface area contributed by atoms with Crippen LogP contribution in [0.1, 0.15) is 27.2 Å². The zero-order valence-corrected chi connectivity index (χ0v) is 8.26. The Bertz CT molecular complexity index is 181. The molecule has 0 N–H and O–H groups in total. The first kappa shape index (κ1) is 9.52. The van der Waals surface area contributed by atoms with Gasteiger partial charge in [-0.25, -0.2) is 5.01 Å². The summed E-state index contributed by atoms with van der Waals surface area (Å²) in [4.78, 5) is 0. The lowest BCUT2D eigenvalue weighted by molar-refractivity contribution is 0.0187. The summed E-state index contributed by atoms with van der Waals surface area (Å²) in [6.45, 7) is 6.62. The van der Waals surface area contributed by atoms with Crippen molar-refractivity contribution >= 4 is 0 Å². The van der Waals surface area contributed by atoms with Crippen molar-refractivity contribution in [3.8, 4) is 0 Å². The van der Waals surface area contributed by atoms with E-state index in [9.17, 15) is 4.39 Å². The van der Waals surface area contributed by atoms with Crippen LogP contribution in [0.4, 0.5) is 4.39 Å². The lowest BCUT2D eigenvalue weighted by Crippen LogP contribution is -2.38. The summed E-state index contributed by atoms with van der Waals surface area (Å²) < 4.78 is 13.4. The third kappa shape index (κ3) is 1.22. The van der Waals surface area contributed by atoms with Crippen LogP contribution in [-0.4, -0.2) is 29.7 Å². The fraction of sp³-hybridized carbons (Fsp3) is 0.778. The monoisotopic (exact) mass is 172 g/mol. The molecule has 1 atom stereocenters. The molecular formula is C9H17FN2. The molecule has 0 bridgehead atoms. The molecule has 0 aliphatic carbocycles. The number of hydrazine groups is 1. The van der Waals surface area contributed by atoms with Crippen LogP contribution < -0.4 is 0 Å². The zero-order chi connectivity index (χ0) is 9.30. The summed E-state index contributed by atoms with van der Waals surface area (Å²) >= 11 is 0. The Morgan fingerprint density at radius 1 is 1.42 bits per heavy atom. The van der Waals surface area contributed by atoms with Crippen molar-refractivity contribution in [2.45, 2.75) is 33.2 Å². The van der Waals surface area contributed by atoms with E-state index in [2.05, 4.69) is 6.92 Å². The molecule has 1 heterocycles. The van der Waals surface area contributed by atoms with Gasteiger partial charge in [0.05, 0.1) is 6.04 Å². The Kier molecular flexibility index (Phi) is 2.73. The maximum Gasteiger partial charge on any atom is 0.204 e. The minimum Gasteiger partial charge on any atom is -0.281 e. The molecule has 1 aliphatic rings. The largest absolute Gasteiger partial charge is 0.281 e. The summed E-state index contributed by atoms with van der Waals surface area (Å²) in [5.74, 6) is -0.0631. The fourth-order valence-corrected chi connectivity index (χ4v) is 1.86. The lowest BCUT2D eigenvalue weighted by Gasteiger charge is -2.28. The number of halogens is 1. The van der Waals surface area contributed by atoms with Gasteiger partial charge < -0.3 is 0 Å². The van der Waals surface area contributed by atoms with Crippen LogP contribution in [0.2, 0.25) is 0 Å². The Labute approximate surface area is 73.6 Å². The highest BCUT2D eigenvalue weighted by Gasteiger charge is 2.31. The third-order valence-electron chi connectivity index (χ3n) is 2.57. The second-order valence-electron chi connectivity index (χ2n) is 3.19. The molecule has 0 amide bonds. The van der Waals surface area contributed by atoms with Gasteiger partial charge in [-0.1, -0.05) is 6.92 Å². The lowest BCUT2D eigenvalue weighted by atomic mass is 10.1. The molecule has 0 aromatic carbocycles. The molecule has 1 aliphatic heterocycles. The summed E-state index contributed by atoms with van der Waals surface area (Å²) in [6.07, 6.45) is 0.965. The Morgan fingerprint density at radius 3 is 2.25 bits per heavy atom. The van der Waals surface area contributed by atoms with E-state index in [1.165, 1.54) is 0 Å². The van der Waals surface area contributed by atoms with Gasteiger partial charge in [-0.3, -0.25) is 5.01 Å². The first-order valence-electron chi connectivity index (χ1n) is 4.50. The Balaban J connectivity index is 2.86. The highest BCUT2D eigenvalue weighted by molar-refractivity contribution is 5.16. The van der Waals surface area contributed by atoms with Crippen molar-refractivity contribution in [2.75, 3.05) is 13.6 Å². The van der Waals surface area contributed by atoms with Crippen LogP contribution >= 0.6 is 0 Å². The molecule has 0 fully saturated rings. The van der Waals surface area contributed by atoms with Gasteiger partial charge in [0.2, 0.25) is 5.95 Å². The van der Waals surface area contributed by atoms with Crippen molar-refractivity contribution in [3.63, 3.8) is 0 Å². The molecule has 0 radical (unpaired) electrons. The first-order chi connectivity index (χ1) is 5.63. The summed E-state index contributed by atoms with van der Waals surface area (Å²) in [7, 11) is 1.94. The van der Waals surface area contributed by atoms with Gasteiger partial charge in [0, 0.05) is 13.6 Å². The van der Waals surface area contributed by atoms with Crippen LogP contribution in [0.25, 0.3) is 0 Å². The van der Waals surface area contributed by atoms with E-state index in [0.717, 1.165) is 12.0 Å². The van der Waals surface area contributed by atoms with E-state index >= 15 is 0 Å². The van der Waals surface area contributed by atoms with Crippen molar-refractivity contribution < 1.29 is 4.39 Å². The second kappa shape index (κ2) is 3.44. The molecule has 0 saturated carbocycles. The van der Waals surface area contributed by atoms with E-state index in [1.807, 2.05) is 25.9 Å². The summed E-state index contributed by atoms with van der Waals surface area (Å²) in [6, 6.07) is 0.255. The van der Waals surface area contributed by atoms with Crippen LogP contribution in [0.15, 0.2) is 11.5 Å². The average molecular weight is 172 g/mol. The molecule has 0 saturated heterocycles. The van der Waals surface area contributed by atoms with E-state index in [4.69, 9.17) is 0 Å². The zero-order valence-electron chi connectivity index (χ0n) is 8.26. The fourth-order valence-electron chi connectivity index (χ4n) is 1.86. The Morgan fingerprint density at radius 2 is 2.00 bits per heavy atom. The van der Waals surface area contributed by atoms with Crippen molar-refractivity contribution in [3.05, 3.63) is 11.5 Å². The van der Waals surface area contributed by atoms with Crippen molar-refractivity contribution in [1.29, 1.82) is 0 Å². The quantitative estimate of drug-likeness (QED) is 0.589. The van der Waals surface area contributed by atoms with Crippen LogP contribution in [-0.2, 0) is 0 Å². The molecule has 3 heteroatoms. The number of rotatable bonds is 2. The SMILES string of the molecule is CCC1C(C)=C(F)N(CC)N1C. The van der Waals surface area contributed by atoms with Gasteiger partial charge in [-0.05, 0) is 25.8 Å². The van der Waals surface area contributed by atoms with E-state index in [-0.39, 0.29) is 12.0 Å². The normalized spacial score (nSPS) is 25.8. The maximum absolute atomic E-state index is 13.4. The van der Waals surface area contributed by atoms with Gasteiger partial charge in [0.15, 0.2) is 0 Å². The number of hydrogen-bond acceptors (Lipinski definition) is 2. The van der Waals surface area contributed by atoms with E-state index in [1.54, 1.807) is 5.01 Å². The van der Waals surface area contributed by atoms with Crippen LogP contribution in [0, 0.1) is 0 Å². The first-order valence-corrected chi connectivity index (χ1v) is 4.50. The predicted molar refractivity (Wildman–Crippen MR) is 48.0 cm³/mol. The predicted octanol–water partition coefficient (Wildman–Crippen LogP) is 2.15. The third-order valence-corrected chi connectivity index (χ3v) is 2.57. The van der Waals surface area contributed by atoms with E-state index < -0.39 is 0 Å². The standard InChI is InChI=1S/C9H17FN2/c1-5-8-7(3)9(10)12(6-2)11(8)4/h8H,5-6H2,1-4H3. The van der Waals surface area contributed by atoms with Gasteiger partial charge in [0.1, 0.15) is 0 Å². The molecular weight excluding hydrogens is 155 g/mol. The van der Waals surface area contributed by atoms with Gasteiger partial charge in [0.25, 0.3) is 0 Å². The average Bonchev–Trinajstić information content (AvgIpc) is 2.25. The number of nitrogens with zero attached hydrogens (tertiary/aromatic N) is 2. The molecule has 1 rings (SSSR count). The van der Waals surface area contributed by atoms with Gasteiger partial charge in [-0.15, -0.1) is 0 Å². The molecule has 1 unspecified atom stereocenters. The summed E-state index contributed by atoms with van der Waals surface area (Å²) in [5, 5.41) is 3.66. The molecule has 12 heavy (non-hydrogen) atoms. The topological polar surface area (TPSA) is 6.48 Å². The summed E-state index contributed by atoms with van der Waals surface area (Å²) in [5.41, 5.74) is 0.863. The van der Waals surface area contributed by atoms with E-state index in [0.29, 0.717) is 6.54 Å². The smallest absolute Gasteiger partial charge is 0.204 e. The second-order valence-corrected chi connectivity index (χ2v) is 3.19. The highest BCUT2D eigenvalue weighted by Crippen LogP contribution is 2.29. The minimum absolute atomic E-state index is 0.0631. The van der Waals surface area contributed by atoms with Gasteiger partial charge in [-0.2, -0.15) is 4.39 Å². The van der Waals surface area contributed by atoms with Gasteiger partial charge >= 0.3 is 0 Å².